The zero-order chi connectivity index (χ0) is 20.5. The summed E-state index contributed by atoms with van der Waals surface area (Å²) in [6.45, 7) is 6.08. The molecule has 7 heteroatoms. The Labute approximate surface area is 172 Å². The van der Waals surface area contributed by atoms with E-state index in [1.165, 1.54) is 12.8 Å². The average Bonchev–Trinajstić information content (AvgIpc) is 3.46. The molecule has 1 fully saturated rings. The van der Waals surface area contributed by atoms with Gasteiger partial charge in [0.2, 0.25) is 0 Å². The lowest BCUT2D eigenvalue weighted by Crippen LogP contribution is -2.42. The fourth-order valence-electron chi connectivity index (χ4n) is 3.58. The Kier molecular flexibility index (Phi) is 7.69. The number of carbonyl (C=O) groups excluding carboxylic acids is 1. The van der Waals surface area contributed by atoms with E-state index in [0.717, 1.165) is 36.9 Å². The summed E-state index contributed by atoms with van der Waals surface area (Å²) in [4.78, 5) is 18.6. The van der Waals surface area contributed by atoms with Gasteiger partial charge in [0.05, 0.1) is 12.3 Å². The van der Waals surface area contributed by atoms with Crippen molar-refractivity contribution < 1.29 is 9.21 Å². The molecule has 1 aromatic heterocycles. The molecule has 2 heterocycles. The zero-order valence-electron chi connectivity index (χ0n) is 17.3. The lowest BCUT2D eigenvalue weighted by molar-refractivity contribution is 0.0956. The van der Waals surface area contributed by atoms with Crippen molar-refractivity contribution in [3.8, 4) is 0 Å². The second-order valence-corrected chi connectivity index (χ2v) is 7.14. The number of aliphatic imine (C=N–C) groups is 1. The first-order chi connectivity index (χ1) is 14.2. The molecule has 1 amide bonds. The van der Waals surface area contributed by atoms with Gasteiger partial charge in [0.1, 0.15) is 5.76 Å². The van der Waals surface area contributed by atoms with Crippen LogP contribution in [0.2, 0.25) is 0 Å². The molecule has 3 N–H and O–H groups in total. The van der Waals surface area contributed by atoms with Gasteiger partial charge in [0.25, 0.3) is 5.91 Å². The lowest BCUT2D eigenvalue weighted by atomic mass is 10.1. The molecule has 1 atom stereocenters. The molecule has 0 radical (unpaired) electrons. The van der Waals surface area contributed by atoms with Crippen LogP contribution >= 0.6 is 0 Å². The maximum atomic E-state index is 11.9. The third kappa shape index (κ3) is 5.84. The van der Waals surface area contributed by atoms with Crippen molar-refractivity contribution in [3.63, 3.8) is 0 Å². The molecule has 1 aliphatic heterocycles. The van der Waals surface area contributed by atoms with Crippen molar-refractivity contribution in [2.45, 2.75) is 32.4 Å². The van der Waals surface area contributed by atoms with Gasteiger partial charge in [-0.3, -0.25) is 14.7 Å². The summed E-state index contributed by atoms with van der Waals surface area (Å²) in [5, 5.41) is 9.57. The van der Waals surface area contributed by atoms with E-state index in [1.54, 1.807) is 13.3 Å². The van der Waals surface area contributed by atoms with Crippen molar-refractivity contribution in [2.75, 3.05) is 33.2 Å². The predicted molar refractivity (Wildman–Crippen MR) is 115 cm³/mol. The van der Waals surface area contributed by atoms with Crippen LogP contribution in [0.4, 0.5) is 0 Å². The van der Waals surface area contributed by atoms with Crippen LogP contribution in [0, 0.1) is 0 Å². The number of amides is 1. The van der Waals surface area contributed by atoms with Gasteiger partial charge in [-0.15, -0.1) is 0 Å². The topological polar surface area (TPSA) is 81.9 Å². The summed E-state index contributed by atoms with van der Waals surface area (Å²) in [5.41, 5.74) is 1.76. The van der Waals surface area contributed by atoms with Gasteiger partial charge >= 0.3 is 0 Å². The third-order valence-corrected chi connectivity index (χ3v) is 5.15. The van der Waals surface area contributed by atoms with Crippen molar-refractivity contribution in [2.24, 2.45) is 4.99 Å². The first kappa shape index (κ1) is 20.9. The van der Waals surface area contributed by atoms with Gasteiger partial charge in [-0.1, -0.05) is 12.1 Å². The van der Waals surface area contributed by atoms with E-state index in [0.29, 0.717) is 18.7 Å². The molecule has 0 aliphatic carbocycles. The molecule has 1 aromatic carbocycles. The number of hydrogen-bond donors (Lipinski definition) is 3. The maximum absolute atomic E-state index is 11.9. The summed E-state index contributed by atoms with van der Waals surface area (Å²) in [6.07, 6.45) is 4.20. The molecule has 0 spiro atoms. The van der Waals surface area contributed by atoms with Crippen molar-refractivity contribution in [1.29, 1.82) is 0 Å². The quantitative estimate of drug-likeness (QED) is 0.471. The highest BCUT2D eigenvalue weighted by Crippen LogP contribution is 2.24. The Hall–Kier alpha value is -2.80. The van der Waals surface area contributed by atoms with Gasteiger partial charge in [-0.25, -0.2) is 0 Å². The monoisotopic (exact) mass is 397 g/mol. The van der Waals surface area contributed by atoms with Crippen LogP contribution < -0.4 is 16.0 Å². The molecular formula is C22H31N5O2. The fourth-order valence-corrected chi connectivity index (χ4v) is 3.58. The highest BCUT2D eigenvalue weighted by Gasteiger charge is 2.25. The second-order valence-electron chi connectivity index (χ2n) is 7.14. The van der Waals surface area contributed by atoms with Crippen LogP contribution in [0.25, 0.3) is 0 Å². The molecule has 1 aliphatic rings. The minimum Gasteiger partial charge on any atom is -0.468 e. The molecule has 2 aromatic rings. The lowest BCUT2D eigenvalue weighted by Gasteiger charge is -2.26. The van der Waals surface area contributed by atoms with Crippen LogP contribution in [0.5, 0.6) is 0 Å². The Morgan fingerprint density at radius 3 is 2.52 bits per heavy atom. The van der Waals surface area contributed by atoms with Crippen molar-refractivity contribution in [3.05, 3.63) is 59.5 Å². The van der Waals surface area contributed by atoms with Crippen LogP contribution in [0.15, 0.2) is 52.1 Å². The minimum atomic E-state index is -0.0460. The third-order valence-electron chi connectivity index (χ3n) is 5.15. The number of benzene rings is 1. The molecule has 0 bridgehead atoms. The number of furan rings is 1. The van der Waals surface area contributed by atoms with E-state index < -0.39 is 0 Å². The Bertz CT molecular complexity index is 780. The van der Waals surface area contributed by atoms with Crippen molar-refractivity contribution >= 4 is 11.9 Å². The van der Waals surface area contributed by atoms with Gasteiger partial charge in [0, 0.05) is 32.2 Å². The average molecular weight is 398 g/mol. The van der Waals surface area contributed by atoms with E-state index in [9.17, 15) is 4.79 Å². The summed E-state index contributed by atoms with van der Waals surface area (Å²) in [5.74, 6) is 1.68. The predicted octanol–water partition coefficient (Wildman–Crippen LogP) is 2.53. The van der Waals surface area contributed by atoms with Gasteiger partial charge in [-0.2, -0.15) is 0 Å². The molecule has 1 saturated heterocycles. The summed E-state index contributed by atoms with van der Waals surface area (Å²) < 4.78 is 5.68. The second kappa shape index (κ2) is 10.7. The van der Waals surface area contributed by atoms with E-state index in [1.807, 2.05) is 43.3 Å². The number of nitrogens with one attached hydrogen (secondary N) is 3. The number of guanidine groups is 1. The first-order valence-electron chi connectivity index (χ1n) is 10.3. The molecule has 1 unspecified atom stereocenters. The highest BCUT2D eigenvalue weighted by molar-refractivity contribution is 5.94. The maximum Gasteiger partial charge on any atom is 0.251 e. The molecule has 0 saturated carbocycles. The van der Waals surface area contributed by atoms with E-state index in [4.69, 9.17) is 4.42 Å². The van der Waals surface area contributed by atoms with Gasteiger partial charge in [-0.05, 0) is 62.7 Å². The molecular weight excluding hydrogens is 366 g/mol. The Morgan fingerprint density at radius 2 is 1.90 bits per heavy atom. The summed E-state index contributed by atoms with van der Waals surface area (Å²) in [6, 6.07) is 11.8. The number of nitrogens with zero attached hydrogens (tertiary/aromatic N) is 2. The van der Waals surface area contributed by atoms with Crippen LogP contribution in [-0.2, 0) is 6.54 Å². The van der Waals surface area contributed by atoms with Crippen LogP contribution in [0.1, 0.15) is 47.5 Å². The summed E-state index contributed by atoms with van der Waals surface area (Å²) >= 11 is 0. The Balaban J connectivity index is 1.53. The Morgan fingerprint density at radius 1 is 1.14 bits per heavy atom. The van der Waals surface area contributed by atoms with E-state index >= 15 is 0 Å². The standard InChI is InChI=1S/C22H31N5O2/c1-3-24-21(28)18-10-8-17(9-11-18)15-25-22(23-2)26-16-19(20-7-6-14-29-20)27-12-4-5-13-27/h6-11,14,19H,3-5,12-13,15-16H2,1-2H3,(H,24,28)(H2,23,25,26). The largest absolute Gasteiger partial charge is 0.468 e. The number of rotatable bonds is 8. The normalized spacial score (nSPS) is 15.9. The van der Waals surface area contributed by atoms with E-state index in [2.05, 4.69) is 25.8 Å². The first-order valence-corrected chi connectivity index (χ1v) is 10.3. The smallest absolute Gasteiger partial charge is 0.251 e. The SMILES string of the molecule is CCNC(=O)c1ccc(CNC(=NC)NCC(c2ccco2)N2CCCC2)cc1. The van der Waals surface area contributed by atoms with Crippen LogP contribution in [0.3, 0.4) is 0 Å². The van der Waals surface area contributed by atoms with Gasteiger partial charge < -0.3 is 20.4 Å². The molecule has 3 rings (SSSR count). The highest BCUT2D eigenvalue weighted by atomic mass is 16.3. The molecule has 7 nitrogen and oxygen atoms in total. The van der Waals surface area contributed by atoms with E-state index in [-0.39, 0.29) is 11.9 Å². The van der Waals surface area contributed by atoms with Crippen LogP contribution in [-0.4, -0.2) is 50.0 Å². The molecule has 156 valence electrons. The fraction of sp³-hybridized carbons (Fsp3) is 0.455. The molecule has 29 heavy (non-hydrogen) atoms. The summed E-state index contributed by atoms with van der Waals surface area (Å²) in [7, 11) is 1.77. The van der Waals surface area contributed by atoms with Gasteiger partial charge in [0.15, 0.2) is 5.96 Å². The number of likely N-dealkylation sites (tertiary alicyclic amines) is 1. The zero-order valence-corrected chi connectivity index (χ0v) is 17.3. The minimum absolute atomic E-state index is 0.0460. The number of hydrogen-bond acceptors (Lipinski definition) is 4. The number of carbonyl (C=O) groups is 1. The van der Waals surface area contributed by atoms with Crippen molar-refractivity contribution in [1.82, 2.24) is 20.9 Å².